The van der Waals surface area contributed by atoms with Gasteiger partial charge in [-0.25, -0.2) is 9.67 Å². The molecule has 7 heteroatoms. The Hall–Kier alpha value is -1.92. The van der Waals surface area contributed by atoms with Crippen LogP contribution in [0, 0.1) is 0 Å². The number of rotatable bonds is 4. The lowest BCUT2D eigenvalue weighted by atomic mass is 9.97. The summed E-state index contributed by atoms with van der Waals surface area (Å²) in [7, 11) is 0. The van der Waals surface area contributed by atoms with Crippen molar-refractivity contribution in [2.45, 2.75) is 58.8 Å². The van der Waals surface area contributed by atoms with E-state index >= 15 is 0 Å². The van der Waals surface area contributed by atoms with Crippen LogP contribution in [-0.2, 0) is 22.7 Å². The van der Waals surface area contributed by atoms with Crippen LogP contribution in [0.3, 0.4) is 0 Å². The van der Waals surface area contributed by atoms with Crippen LogP contribution in [-0.4, -0.2) is 43.1 Å². The number of carbonyl (C=O) groups is 2. The highest BCUT2D eigenvalue weighted by Crippen LogP contribution is 2.19. The third kappa shape index (κ3) is 2.52. The molecule has 1 saturated heterocycles. The SMILES string of the molecule is CCCn1ncnc1CN1C(=O)C(C)(C)NC(=O)C1C. The number of hydrogen-bond acceptors (Lipinski definition) is 4. The van der Waals surface area contributed by atoms with E-state index in [4.69, 9.17) is 0 Å². The lowest BCUT2D eigenvalue weighted by Crippen LogP contribution is -2.67. The maximum atomic E-state index is 12.5. The van der Waals surface area contributed by atoms with Crippen molar-refractivity contribution in [1.82, 2.24) is 25.0 Å². The van der Waals surface area contributed by atoms with Crippen molar-refractivity contribution in [3.05, 3.63) is 12.2 Å². The molecule has 1 aromatic heterocycles. The molecular formula is C13H21N5O2. The Morgan fingerprint density at radius 1 is 1.40 bits per heavy atom. The molecule has 1 N–H and O–H groups in total. The molecule has 0 radical (unpaired) electrons. The van der Waals surface area contributed by atoms with E-state index in [1.807, 2.05) is 0 Å². The Morgan fingerprint density at radius 3 is 2.75 bits per heavy atom. The molecule has 0 aliphatic carbocycles. The maximum absolute atomic E-state index is 12.5. The van der Waals surface area contributed by atoms with Gasteiger partial charge in [0.15, 0.2) is 0 Å². The predicted octanol–water partition coefficient (Wildman–Crippen LogP) is 0.314. The first-order chi connectivity index (χ1) is 9.36. The molecule has 2 heterocycles. The molecule has 1 aliphatic rings. The molecule has 1 fully saturated rings. The zero-order valence-corrected chi connectivity index (χ0v) is 12.4. The summed E-state index contributed by atoms with van der Waals surface area (Å²) in [4.78, 5) is 30.2. The van der Waals surface area contributed by atoms with Crippen LogP contribution >= 0.6 is 0 Å². The Kier molecular flexibility index (Phi) is 3.78. The van der Waals surface area contributed by atoms with Crippen molar-refractivity contribution in [2.24, 2.45) is 0 Å². The van der Waals surface area contributed by atoms with Gasteiger partial charge in [0.1, 0.15) is 23.7 Å². The van der Waals surface area contributed by atoms with E-state index in [1.54, 1.807) is 30.4 Å². The highest BCUT2D eigenvalue weighted by Gasteiger charge is 2.43. The number of piperazine rings is 1. The second-order valence-electron chi connectivity index (χ2n) is 5.62. The first-order valence-corrected chi connectivity index (χ1v) is 6.86. The molecule has 1 unspecified atom stereocenters. The van der Waals surface area contributed by atoms with Crippen LogP contribution in [0.4, 0.5) is 0 Å². The molecule has 0 spiro atoms. The van der Waals surface area contributed by atoms with Gasteiger partial charge < -0.3 is 10.2 Å². The van der Waals surface area contributed by atoms with Crippen LogP contribution in [0.1, 0.15) is 39.9 Å². The quantitative estimate of drug-likeness (QED) is 0.860. The van der Waals surface area contributed by atoms with Crippen LogP contribution < -0.4 is 5.32 Å². The zero-order chi connectivity index (χ0) is 14.9. The zero-order valence-electron chi connectivity index (χ0n) is 12.4. The van der Waals surface area contributed by atoms with Crippen molar-refractivity contribution in [2.75, 3.05) is 0 Å². The number of aromatic nitrogens is 3. The van der Waals surface area contributed by atoms with Gasteiger partial charge in [0.2, 0.25) is 11.8 Å². The number of carbonyl (C=O) groups excluding carboxylic acids is 2. The molecule has 110 valence electrons. The van der Waals surface area contributed by atoms with E-state index in [0.29, 0.717) is 12.4 Å². The molecule has 0 bridgehead atoms. The summed E-state index contributed by atoms with van der Waals surface area (Å²) < 4.78 is 1.78. The van der Waals surface area contributed by atoms with Gasteiger partial charge in [-0.15, -0.1) is 0 Å². The number of nitrogens with one attached hydrogen (secondary N) is 1. The fraction of sp³-hybridized carbons (Fsp3) is 0.692. The summed E-state index contributed by atoms with van der Waals surface area (Å²) in [6.45, 7) is 8.25. The summed E-state index contributed by atoms with van der Waals surface area (Å²) in [6, 6.07) is -0.498. The number of hydrogen-bond donors (Lipinski definition) is 1. The van der Waals surface area contributed by atoms with E-state index in [9.17, 15) is 9.59 Å². The molecule has 20 heavy (non-hydrogen) atoms. The van der Waals surface area contributed by atoms with Gasteiger partial charge in [-0.05, 0) is 27.2 Å². The van der Waals surface area contributed by atoms with E-state index in [1.165, 1.54) is 6.33 Å². The summed E-state index contributed by atoms with van der Waals surface area (Å²) in [5.74, 6) is 0.462. The fourth-order valence-electron chi connectivity index (χ4n) is 2.31. The normalized spacial score (nSPS) is 22.0. The van der Waals surface area contributed by atoms with Gasteiger partial charge >= 0.3 is 0 Å². The predicted molar refractivity (Wildman–Crippen MR) is 72.5 cm³/mol. The van der Waals surface area contributed by atoms with Crippen molar-refractivity contribution in [3.8, 4) is 0 Å². The first-order valence-electron chi connectivity index (χ1n) is 6.86. The highest BCUT2D eigenvalue weighted by molar-refractivity contribution is 5.98. The molecular weight excluding hydrogens is 258 g/mol. The molecule has 1 atom stereocenters. The molecule has 1 aromatic rings. The van der Waals surface area contributed by atoms with Crippen LogP contribution in [0.2, 0.25) is 0 Å². The van der Waals surface area contributed by atoms with Crippen LogP contribution in [0.25, 0.3) is 0 Å². The van der Waals surface area contributed by atoms with Crippen LogP contribution in [0.15, 0.2) is 6.33 Å². The van der Waals surface area contributed by atoms with Crippen molar-refractivity contribution in [3.63, 3.8) is 0 Å². The average molecular weight is 279 g/mol. The third-order valence-corrected chi connectivity index (χ3v) is 3.52. The topological polar surface area (TPSA) is 80.1 Å². The van der Waals surface area contributed by atoms with E-state index in [0.717, 1.165) is 13.0 Å². The van der Waals surface area contributed by atoms with Crippen molar-refractivity contribution in [1.29, 1.82) is 0 Å². The summed E-state index contributed by atoms with van der Waals surface area (Å²) in [6.07, 6.45) is 2.42. The monoisotopic (exact) mass is 279 g/mol. The van der Waals surface area contributed by atoms with Gasteiger partial charge in [-0.3, -0.25) is 9.59 Å². The number of amides is 2. The molecule has 2 rings (SSSR count). The number of aryl methyl sites for hydroxylation is 1. The largest absolute Gasteiger partial charge is 0.340 e. The Balaban J connectivity index is 2.23. The molecule has 0 saturated carbocycles. The van der Waals surface area contributed by atoms with Gasteiger partial charge in [0.25, 0.3) is 0 Å². The van der Waals surface area contributed by atoms with E-state index in [-0.39, 0.29) is 11.8 Å². The lowest BCUT2D eigenvalue weighted by Gasteiger charge is -2.41. The Morgan fingerprint density at radius 2 is 2.10 bits per heavy atom. The standard InChI is InChI=1S/C13H21N5O2/c1-5-6-18-10(14-8-15-18)7-17-9(2)11(19)16-13(3,4)12(17)20/h8-9H,5-7H2,1-4H3,(H,16,19). The summed E-state index contributed by atoms with van der Waals surface area (Å²) >= 11 is 0. The van der Waals surface area contributed by atoms with Crippen LogP contribution in [0.5, 0.6) is 0 Å². The van der Waals surface area contributed by atoms with Gasteiger partial charge in [0.05, 0.1) is 6.54 Å². The second kappa shape index (κ2) is 5.22. The van der Waals surface area contributed by atoms with Gasteiger partial charge in [-0.2, -0.15) is 5.10 Å². The Labute approximate surface area is 118 Å². The summed E-state index contributed by atoms with van der Waals surface area (Å²) in [5.41, 5.74) is -0.876. The lowest BCUT2D eigenvalue weighted by molar-refractivity contribution is -0.153. The van der Waals surface area contributed by atoms with E-state index in [2.05, 4.69) is 22.3 Å². The third-order valence-electron chi connectivity index (χ3n) is 3.52. The van der Waals surface area contributed by atoms with Gasteiger partial charge in [-0.1, -0.05) is 6.92 Å². The molecule has 1 aliphatic heterocycles. The average Bonchev–Trinajstić information content (AvgIpc) is 2.80. The first kappa shape index (κ1) is 14.5. The Bertz CT molecular complexity index is 523. The summed E-state index contributed by atoms with van der Waals surface area (Å²) in [5, 5.41) is 6.88. The molecule has 0 aromatic carbocycles. The molecule has 7 nitrogen and oxygen atoms in total. The minimum Gasteiger partial charge on any atom is -0.340 e. The number of nitrogens with zero attached hydrogens (tertiary/aromatic N) is 4. The fourth-order valence-corrected chi connectivity index (χ4v) is 2.31. The molecule has 2 amide bonds. The van der Waals surface area contributed by atoms with Gasteiger partial charge in [0, 0.05) is 6.54 Å². The smallest absolute Gasteiger partial charge is 0.248 e. The highest BCUT2D eigenvalue weighted by atomic mass is 16.2. The van der Waals surface area contributed by atoms with Crippen molar-refractivity contribution < 1.29 is 9.59 Å². The minimum absolute atomic E-state index is 0.101. The maximum Gasteiger partial charge on any atom is 0.248 e. The second-order valence-corrected chi connectivity index (χ2v) is 5.62. The van der Waals surface area contributed by atoms with E-state index < -0.39 is 11.6 Å². The minimum atomic E-state index is -0.876. The van der Waals surface area contributed by atoms with Crippen molar-refractivity contribution >= 4 is 11.8 Å².